The maximum atomic E-state index is 11.3. The summed E-state index contributed by atoms with van der Waals surface area (Å²) >= 11 is 0. The minimum atomic E-state index is -0.177. The summed E-state index contributed by atoms with van der Waals surface area (Å²) in [5, 5.41) is 2.67. The molecule has 1 aliphatic rings. The van der Waals surface area contributed by atoms with Crippen molar-refractivity contribution in [2.75, 3.05) is 0 Å². The molecule has 0 aliphatic carbocycles. The molecule has 0 saturated carbocycles. The normalized spacial score (nSPS) is 22.4. The average Bonchev–Trinajstić information content (AvgIpc) is 2.47. The van der Waals surface area contributed by atoms with Crippen LogP contribution in [0.5, 0.6) is 0 Å². The van der Waals surface area contributed by atoms with Gasteiger partial charge >= 0.3 is 0 Å². The summed E-state index contributed by atoms with van der Waals surface area (Å²) in [7, 11) is 0. The van der Waals surface area contributed by atoms with Gasteiger partial charge in [-0.15, -0.1) is 0 Å². The number of carbonyl (C=O) groups excluding carboxylic acids is 2. The lowest BCUT2D eigenvalue weighted by Gasteiger charge is -2.06. The molecule has 12 heavy (non-hydrogen) atoms. The molecule has 0 aromatic heterocycles. The Morgan fingerprint density at radius 1 is 1.67 bits per heavy atom. The third-order valence-corrected chi connectivity index (χ3v) is 2.16. The second-order valence-corrected chi connectivity index (χ2v) is 3.23. The fourth-order valence-electron chi connectivity index (χ4n) is 1.38. The molecular formula is C9H15NO2. The summed E-state index contributed by atoms with van der Waals surface area (Å²) in [6.07, 6.45) is 3.79. The lowest BCUT2D eigenvalue weighted by Crippen LogP contribution is -2.32. The van der Waals surface area contributed by atoms with Crippen LogP contribution in [0.2, 0.25) is 0 Å². The van der Waals surface area contributed by atoms with Gasteiger partial charge in [0.25, 0.3) is 0 Å². The first-order valence-electron chi connectivity index (χ1n) is 4.56. The molecule has 0 bridgehead atoms. The van der Waals surface area contributed by atoms with E-state index in [4.69, 9.17) is 0 Å². The van der Waals surface area contributed by atoms with Crippen molar-refractivity contribution in [1.82, 2.24) is 5.32 Å². The lowest BCUT2D eigenvalue weighted by molar-refractivity contribution is -0.124. The predicted octanol–water partition coefficient (Wildman–Crippen LogP) is 1.02. The summed E-state index contributed by atoms with van der Waals surface area (Å²) in [4.78, 5) is 22.1. The quantitative estimate of drug-likeness (QED) is 0.683. The van der Waals surface area contributed by atoms with Crippen LogP contribution in [-0.2, 0) is 9.59 Å². The molecule has 1 amide bonds. The van der Waals surface area contributed by atoms with Crippen molar-refractivity contribution in [3.05, 3.63) is 0 Å². The first kappa shape index (κ1) is 9.23. The van der Waals surface area contributed by atoms with Crippen LogP contribution in [0.15, 0.2) is 0 Å². The summed E-state index contributed by atoms with van der Waals surface area (Å²) in [6, 6.07) is -0.177. The first-order valence-corrected chi connectivity index (χ1v) is 4.56. The molecule has 1 N–H and O–H groups in total. The molecule has 0 radical (unpaired) electrons. The van der Waals surface area contributed by atoms with Gasteiger partial charge in [0.2, 0.25) is 5.91 Å². The van der Waals surface area contributed by atoms with E-state index < -0.39 is 0 Å². The van der Waals surface area contributed by atoms with E-state index in [1.54, 1.807) is 0 Å². The molecule has 3 nitrogen and oxygen atoms in total. The topological polar surface area (TPSA) is 46.2 Å². The molecule has 1 fully saturated rings. The van der Waals surface area contributed by atoms with Gasteiger partial charge in [0, 0.05) is 12.8 Å². The van der Waals surface area contributed by atoms with Crippen LogP contribution in [0.1, 0.15) is 39.0 Å². The van der Waals surface area contributed by atoms with E-state index >= 15 is 0 Å². The standard InChI is InChI=1S/C9H15NO2/c1-2-3-4-8(11)7-5-6-9(12)10-7/h7H,2-6H2,1H3,(H,10,12)/t7-/m0/s1. The molecule has 1 atom stereocenters. The largest absolute Gasteiger partial charge is 0.346 e. The number of rotatable bonds is 4. The van der Waals surface area contributed by atoms with Crippen LogP contribution in [0.3, 0.4) is 0 Å². The van der Waals surface area contributed by atoms with Crippen molar-refractivity contribution in [2.24, 2.45) is 0 Å². The predicted molar refractivity (Wildman–Crippen MR) is 45.7 cm³/mol. The summed E-state index contributed by atoms with van der Waals surface area (Å²) in [6.45, 7) is 2.06. The Balaban J connectivity index is 2.28. The fourth-order valence-corrected chi connectivity index (χ4v) is 1.38. The van der Waals surface area contributed by atoms with Gasteiger partial charge in [0.05, 0.1) is 6.04 Å². The lowest BCUT2D eigenvalue weighted by atomic mass is 10.1. The van der Waals surface area contributed by atoms with Gasteiger partial charge in [0.15, 0.2) is 5.78 Å². The molecule has 1 aliphatic heterocycles. The van der Waals surface area contributed by atoms with Gasteiger partial charge in [-0.1, -0.05) is 13.3 Å². The SMILES string of the molecule is CCCCC(=O)[C@@H]1CCC(=O)N1. The van der Waals surface area contributed by atoms with Crippen molar-refractivity contribution in [3.8, 4) is 0 Å². The second kappa shape index (κ2) is 4.24. The molecule has 0 aromatic carbocycles. The zero-order valence-corrected chi connectivity index (χ0v) is 7.43. The van der Waals surface area contributed by atoms with Gasteiger partial charge in [-0.05, 0) is 12.8 Å². The minimum Gasteiger partial charge on any atom is -0.346 e. The number of carbonyl (C=O) groups is 2. The molecule has 0 aromatic rings. The highest BCUT2D eigenvalue weighted by atomic mass is 16.2. The molecule has 68 valence electrons. The Morgan fingerprint density at radius 2 is 2.42 bits per heavy atom. The molecule has 1 heterocycles. The summed E-state index contributed by atoms with van der Waals surface area (Å²) in [5.41, 5.74) is 0. The van der Waals surface area contributed by atoms with E-state index in [9.17, 15) is 9.59 Å². The highest BCUT2D eigenvalue weighted by Gasteiger charge is 2.25. The Morgan fingerprint density at radius 3 is 2.92 bits per heavy atom. The molecule has 3 heteroatoms. The monoisotopic (exact) mass is 169 g/mol. The molecular weight excluding hydrogens is 154 g/mol. The number of hydrogen-bond acceptors (Lipinski definition) is 2. The maximum absolute atomic E-state index is 11.3. The first-order chi connectivity index (χ1) is 5.74. The van der Waals surface area contributed by atoms with Crippen LogP contribution in [0, 0.1) is 0 Å². The van der Waals surface area contributed by atoms with Crippen LogP contribution >= 0.6 is 0 Å². The highest BCUT2D eigenvalue weighted by molar-refractivity contribution is 5.91. The van der Waals surface area contributed by atoms with Crippen molar-refractivity contribution in [2.45, 2.75) is 45.1 Å². The third kappa shape index (κ3) is 2.32. The summed E-state index contributed by atoms with van der Waals surface area (Å²) < 4.78 is 0. The zero-order valence-electron chi connectivity index (χ0n) is 7.43. The number of Topliss-reactive ketones (excluding diaryl/α,β-unsaturated/α-hetero) is 1. The van der Waals surface area contributed by atoms with E-state index in [1.165, 1.54) is 0 Å². The Kier molecular flexibility index (Phi) is 3.26. The number of hydrogen-bond donors (Lipinski definition) is 1. The van der Waals surface area contributed by atoms with Crippen molar-refractivity contribution in [3.63, 3.8) is 0 Å². The van der Waals surface area contributed by atoms with Gasteiger partial charge in [0.1, 0.15) is 0 Å². The van der Waals surface area contributed by atoms with Gasteiger partial charge in [-0.25, -0.2) is 0 Å². The molecule has 1 saturated heterocycles. The fraction of sp³-hybridized carbons (Fsp3) is 0.778. The molecule has 1 rings (SSSR count). The van der Waals surface area contributed by atoms with Crippen LogP contribution in [-0.4, -0.2) is 17.7 Å². The van der Waals surface area contributed by atoms with E-state index in [2.05, 4.69) is 12.2 Å². The van der Waals surface area contributed by atoms with Crippen molar-refractivity contribution < 1.29 is 9.59 Å². The summed E-state index contributed by atoms with van der Waals surface area (Å²) in [5.74, 6) is 0.215. The highest BCUT2D eigenvalue weighted by Crippen LogP contribution is 2.10. The zero-order chi connectivity index (χ0) is 8.97. The van der Waals surface area contributed by atoms with E-state index in [0.717, 1.165) is 12.8 Å². The van der Waals surface area contributed by atoms with E-state index in [-0.39, 0.29) is 17.7 Å². The van der Waals surface area contributed by atoms with Gasteiger partial charge in [-0.3, -0.25) is 9.59 Å². The average molecular weight is 169 g/mol. The smallest absolute Gasteiger partial charge is 0.220 e. The van der Waals surface area contributed by atoms with Crippen molar-refractivity contribution in [1.29, 1.82) is 0 Å². The second-order valence-electron chi connectivity index (χ2n) is 3.23. The third-order valence-electron chi connectivity index (χ3n) is 2.16. The number of unbranched alkanes of at least 4 members (excludes halogenated alkanes) is 1. The van der Waals surface area contributed by atoms with Gasteiger partial charge < -0.3 is 5.32 Å². The van der Waals surface area contributed by atoms with Crippen LogP contribution in [0.4, 0.5) is 0 Å². The number of amides is 1. The Hall–Kier alpha value is -0.860. The molecule has 0 unspecified atom stereocenters. The number of nitrogens with one attached hydrogen (secondary N) is 1. The Bertz CT molecular complexity index is 189. The van der Waals surface area contributed by atoms with E-state index in [0.29, 0.717) is 19.3 Å². The van der Waals surface area contributed by atoms with Crippen molar-refractivity contribution >= 4 is 11.7 Å². The van der Waals surface area contributed by atoms with Crippen LogP contribution in [0.25, 0.3) is 0 Å². The van der Waals surface area contributed by atoms with Gasteiger partial charge in [-0.2, -0.15) is 0 Å². The number of ketones is 1. The minimum absolute atomic E-state index is 0.0184. The molecule has 0 spiro atoms. The van der Waals surface area contributed by atoms with E-state index in [1.807, 2.05) is 0 Å². The maximum Gasteiger partial charge on any atom is 0.220 e. The van der Waals surface area contributed by atoms with Crippen LogP contribution < -0.4 is 5.32 Å². The Labute approximate surface area is 72.5 Å².